The predicted molar refractivity (Wildman–Crippen MR) is 76.5 cm³/mol. The number of hydrogen-bond donors (Lipinski definition) is 1. The second kappa shape index (κ2) is 5.48. The van der Waals surface area contributed by atoms with Gasteiger partial charge in [-0.25, -0.2) is 4.79 Å². The maximum Gasteiger partial charge on any atom is 0.350 e. The van der Waals surface area contributed by atoms with E-state index in [-0.39, 0.29) is 5.97 Å². The third kappa shape index (κ3) is 2.51. The van der Waals surface area contributed by atoms with Gasteiger partial charge in [-0.3, -0.25) is 0 Å². The number of anilines is 1. The number of rotatable bonds is 4. The lowest BCUT2D eigenvalue weighted by Crippen LogP contribution is -2.05. The summed E-state index contributed by atoms with van der Waals surface area (Å²) in [7, 11) is 0. The Morgan fingerprint density at radius 1 is 1.47 bits per heavy atom. The van der Waals surface area contributed by atoms with Gasteiger partial charge in [-0.1, -0.05) is 6.92 Å². The molecule has 0 unspecified atom stereocenters. The largest absolute Gasteiger partial charge is 0.469 e. The maximum atomic E-state index is 11.9. The predicted octanol–water partition coefficient (Wildman–Crippen LogP) is 3.64. The first kappa shape index (κ1) is 13.7. The van der Waals surface area contributed by atoms with Crippen molar-refractivity contribution >= 4 is 23.0 Å². The number of nitrogens with two attached hydrogens (primary N) is 1. The van der Waals surface area contributed by atoms with E-state index < -0.39 is 0 Å². The van der Waals surface area contributed by atoms with Crippen molar-refractivity contribution in [2.75, 3.05) is 12.3 Å². The molecule has 5 heteroatoms. The van der Waals surface area contributed by atoms with Crippen LogP contribution in [-0.2, 0) is 11.2 Å². The summed E-state index contributed by atoms with van der Waals surface area (Å²) in [5, 5.41) is 0. The van der Waals surface area contributed by atoms with Crippen molar-refractivity contribution in [3.63, 3.8) is 0 Å². The van der Waals surface area contributed by atoms with E-state index >= 15 is 0 Å². The van der Waals surface area contributed by atoms with Gasteiger partial charge < -0.3 is 14.9 Å². The lowest BCUT2D eigenvalue weighted by Gasteiger charge is -2.00. The van der Waals surface area contributed by atoms with Crippen LogP contribution in [0.25, 0.3) is 10.4 Å². The van der Waals surface area contributed by atoms with Gasteiger partial charge in [-0.05, 0) is 31.9 Å². The molecule has 0 saturated carbocycles. The molecule has 0 aliphatic rings. The fourth-order valence-corrected chi connectivity index (χ4v) is 3.15. The van der Waals surface area contributed by atoms with Crippen LogP contribution in [0.15, 0.2) is 16.7 Å². The summed E-state index contributed by atoms with van der Waals surface area (Å²) >= 11 is 1.37. The number of furan rings is 1. The van der Waals surface area contributed by atoms with E-state index in [4.69, 9.17) is 14.9 Å². The molecule has 2 heterocycles. The highest BCUT2D eigenvalue weighted by Gasteiger charge is 2.22. The minimum atomic E-state index is -0.355. The lowest BCUT2D eigenvalue weighted by atomic mass is 10.1. The molecule has 102 valence electrons. The normalized spacial score (nSPS) is 10.7. The fraction of sp³-hybridized carbons (Fsp3) is 0.357. The molecule has 4 nitrogen and oxygen atoms in total. The van der Waals surface area contributed by atoms with Crippen LogP contribution in [0.5, 0.6) is 0 Å². The molecule has 0 saturated heterocycles. The van der Waals surface area contributed by atoms with Gasteiger partial charge in [0.1, 0.15) is 10.6 Å². The molecule has 0 fully saturated rings. The molecule has 0 atom stereocenters. The van der Waals surface area contributed by atoms with E-state index in [1.807, 2.05) is 19.9 Å². The minimum absolute atomic E-state index is 0.345. The zero-order chi connectivity index (χ0) is 14.0. The number of hydrogen-bond acceptors (Lipinski definition) is 5. The van der Waals surface area contributed by atoms with Crippen LogP contribution < -0.4 is 5.73 Å². The Labute approximate surface area is 116 Å². The molecule has 2 rings (SSSR count). The molecule has 0 bridgehead atoms. The topological polar surface area (TPSA) is 65.5 Å². The summed E-state index contributed by atoms with van der Waals surface area (Å²) in [4.78, 5) is 13.3. The van der Waals surface area contributed by atoms with Crippen LogP contribution in [0.2, 0.25) is 0 Å². The molecule has 0 radical (unpaired) electrons. The van der Waals surface area contributed by atoms with Gasteiger partial charge >= 0.3 is 5.97 Å². The lowest BCUT2D eigenvalue weighted by molar-refractivity contribution is 0.0533. The highest BCUT2D eigenvalue weighted by Crippen LogP contribution is 2.40. The number of aryl methyl sites for hydroxylation is 1. The van der Waals surface area contributed by atoms with Crippen molar-refractivity contribution in [2.24, 2.45) is 0 Å². The molecule has 2 N–H and O–H groups in total. The van der Waals surface area contributed by atoms with E-state index in [0.717, 1.165) is 28.2 Å². The fourth-order valence-electron chi connectivity index (χ4n) is 1.97. The standard InChI is InChI=1S/C14H17NO3S/c1-4-10-11(15)13(14(16)17-5-2)19-12(10)9-6-8(3)18-7-9/h6-7H,4-5,15H2,1-3H3. The van der Waals surface area contributed by atoms with Gasteiger partial charge in [-0.2, -0.15) is 0 Å². The van der Waals surface area contributed by atoms with Crippen LogP contribution in [-0.4, -0.2) is 12.6 Å². The highest BCUT2D eigenvalue weighted by atomic mass is 32.1. The van der Waals surface area contributed by atoms with Crippen molar-refractivity contribution in [2.45, 2.75) is 27.2 Å². The van der Waals surface area contributed by atoms with E-state index in [0.29, 0.717) is 17.2 Å². The van der Waals surface area contributed by atoms with Crippen LogP contribution in [0.3, 0.4) is 0 Å². The number of carbonyl (C=O) groups is 1. The Bertz CT molecular complexity index is 598. The summed E-state index contributed by atoms with van der Waals surface area (Å²) in [5.41, 5.74) is 8.54. The van der Waals surface area contributed by atoms with E-state index in [2.05, 4.69) is 0 Å². The van der Waals surface area contributed by atoms with Crippen LogP contribution in [0, 0.1) is 6.92 Å². The Balaban J connectivity index is 2.50. The second-order valence-corrected chi connectivity index (χ2v) is 5.19. The Hall–Kier alpha value is -1.75. The average Bonchev–Trinajstić information content (AvgIpc) is 2.93. The molecule has 0 aromatic carbocycles. The van der Waals surface area contributed by atoms with Crippen molar-refractivity contribution in [1.29, 1.82) is 0 Å². The molecular weight excluding hydrogens is 262 g/mol. The SMILES string of the molecule is CCOC(=O)c1sc(-c2coc(C)c2)c(CC)c1N. The Kier molecular flexibility index (Phi) is 3.95. The molecule has 0 aliphatic carbocycles. The van der Waals surface area contributed by atoms with Crippen LogP contribution in [0.1, 0.15) is 34.8 Å². The second-order valence-electron chi connectivity index (χ2n) is 4.17. The Morgan fingerprint density at radius 3 is 2.74 bits per heavy atom. The zero-order valence-corrected chi connectivity index (χ0v) is 12.1. The summed E-state index contributed by atoms with van der Waals surface area (Å²) < 4.78 is 10.4. The van der Waals surface area contributed by atoms with Gasteiger partial charge in [0.2, 0.25) is 0 Å². The molecule has 2 aromatic heterocycles. The molecule has 0 amide bonds. The van der Waals surface area contributed by atoms with Crippen LogP contribution in [0.4, 0.5) is 5.69 Å². The summed E-state index contributed by atoms with van der Waals surface area (Å²) in [5.74, 6) is 0.480. The molecule has 0 spiro atoms. The van der Waals surface area contributed by atoms with Crippen molar-refractivity contribution < 1.29 is 13.9 Å². The Morgan fingerprint density at radius 2 is 2.21 bits per heavy atom. The first-order chi connectivity index (χ1) is 9.08. The summed E-state index contributed by atoms with van der Waals surface area (Å²) in [6, 6.07) is 1.94. The van der Waals surface area contributed by atoms with Crippen LogP contribution >= 0.6 is 11.3 Å². The average molecular weight is 279 g/mol. The number of esters is 1. The summed E-state index contributed by atoms with van der Waals surface area (Å²) in [6.45, 7) is 6.03. The first-order valence-electron chi connectivity index (χ1n) is 6.22. The number of carbonyl (C=O) groups excluding carboxylic acids is 1. The number of ether oxygens (including phenoxy) is 1. The monoisotopic (exact) mass is 279 g/mol. The zero-order valence-electron chi connectivity index (χ0n) is 11.3. The third-order valence-electron chi connectivity index (χ3n) is 2.86. The minimum Gasteiger partial charge on any atom is -0.469 e. The van der Waals surface area contributed by atoms with Crippen molar-refractivity contribution in [3.05, 3.63) is 28.5 Å². The van der Waals surface area contributed by atoms with Gasteiger partial charge in [0, 0.05) is 10.4 Å². The molecule has 0 aliphatic heterocycles. The van der Waals surface area contributed by atoms with Gasteiger partial charge in [0.15, 0.2) is 0 Å². The maximum absolute atomic E-state index is 11.9. The van der Waals surface area contributed by atoms with Crippen molar-refractivity contribution in [3.8, 4) is 10.4 Å². The molecular formula is C14H17NO3S. The molecule has 19 heavy (non-hydrogen) atoms. The van der Waals surface area contributed by atoms with E-state index in [9.17, 15) is 4.79 Å². The first-order valence-corrected chi connectivity index (χ1v) is 7.03. The molecule has 2 aromatic rings. The van der Waals surface area contributed by atoms with Gasteiger partial charge in [-0.15, -0.1) is 11.3 Å². The number of thiophene rings is 1. The third-order valence-corrected chi connectivity index (χ3v) is 4.13. The van der Waals surface area contributed by atoms with Gasteiger partial charge in [0.05, 0.1) is 18.6 Å². The van der Waals surface area contributed by atoms with E-state index in [1.165, 1.54) is 11.3 Å². The summed E-state index contributed by atoms with van der Waals surface area (Å²) in [6.07, 6.45) is 2.45. The number of nitrogen functional groups attached to an aromatic ring is 1. The smallest absolute Gasteiger partial charge is 0.350 e. The highest BCUT2D eigenvalue weighted by molar-refractivity contribution is 7.18. The van der Waals surface area contributed by atoms with E-state index in [1.54, 1.807) is 13.2 Å². The quantitative estimate of drug-likeness (QED) is 0.868. The van der Waals surface area contributed by atoms with Crippen molar-refractivity contribution in [1.82, 2.24) is 0 Å². The van der Waals surface area contributed by atoms with Gasteiger partial charge in [0.25, 0.3) is 0 Å².